The van der Waals surface area contributed by atoms with Crippen LogP contribution in [0.2, 0.25) is 15.1 Å². The van der Waals surface area contributed by atoms with E-state index in [4.69, 9.17) is 44.9 Å². The number of hydrogen-bond acceptors (Lipinski definition) is 4. The number of carbonyl (C=O) groups is 1. The van der Waals surface area contributed by atoms with Crippen molar-refractivity contribution in [3.05, 3.63) is 69.0 Å². The van der Waals surface area contributed by atoms with E-state index >= 15 is 0 Å². The van der Waals surface area contributed by atoms with Crippen molar-refractivity contribution in [3.63, 3.8) is 0 Å². The molecule has 0 fully saturated rings. The van der Waals surface area contributed by atoms with Crippen LogP contribution in [0.15, 0.2) is 53.9 Å². The second-order valence-corrected chi connectivity index (χ2v) is 6.07. The van der Waals surface area contributed by atoms with Gasteiger partial charge in [-0.15, -0.1) is 0 Å². The minimum atomic E-state index is 0.0477. The number of aldehydes is 1. The average molecular weight is 384 g/mol. The third kappa shape index (κ3) is 4.74. The summed E-state index contributed by atoms with van der Waals surface area (Å²) in [5, 5.41) is 12.1. The van der Waals surface area contributed by atoms with E-state index in [1.165, 1.54) is 6.92 Å². The highest BCUT2D eigenvalue weighted by Gasteiger charge is 2.14. The van der Waals surface area contributed by atoms with Gasteiger partial charge in [0.2, 0.25) is 5.88 Å². The number of nitrogens with one attached hydrogen (secondary N) is 2. The summed E-state index contributed by atoms with van der Waals surface area (Å²) in [6.45, 7) is 1.49. The minimum absolute atomic E-state index is 0.0477. The van der Waals surface area contributed by atoms with E-state index in [0.29, 0.717) is 32.8 Å². The van der Waals surface area contributed by atoms with E-state index < -0.39 is 0 Å². The molecule has 2 rings (SSSR count). The fourth-order valence-electron chi connectivity index (χ4n) is 1.79. The predicted octanol–water partition coefficient (Wildman–Crippen LogP) is 5.59. The Morgan fingerprint density at radius 1 is 1.08 bits per heavy atom. The van der Waals surface area contributed by atoms with Crippen LogP contribution < -0.4 is 10.1 Å². The van der Waals surface area contributed by atoms with Crippen molar-refractivity contribution in [2.24, 2.45) is 0 Å². The van der Waals surface area contributed by atoms with Gasteiger partial charge in [0.25, 0.3) is 0 Å². The molecule has 0 spiro atoms. The number of carbonyl (C=O) groups excluding carboxylic acids is 1. The van der Waals surface area contributed by atoms with Crippen molar-refractivity contribution in [2.45, 2.75) is 6.92 Å². The maximum atomic E-state index is 11.4. The molecule has 0 bridgehead atoms. The monoisotopic (exact) mass is 382 g/mol. The highest BCUT2D eigenvalue weighted by atomic mass is 35.5. The lowest BCUT2D eigenvalue weighted by atomic mass is 10.2. The Balaban J connectivity index is 2.41. The fourth-order valence-corrected chi connectivity index (χ4v) is 2.38. The normalized spacial score (nSPS) is 11.5. The maximum absolute atomic E-state index is 11.4. The molecule has 124 valence electrons. The number of anilines is 1. The van der Waals surface area contributed by atoms with E-state index in [9.17, 15) is 4.79 Å². The van der Waals surface area contributed by atoms with Gasteiger partial charge in [0, 0.05) is 15.8 Å². The predicted molar refractivity (Wildman–Crippen MR) is 98.7 cm³/mol. The van der Waals surface area contributed by atoms with E-state index in [1.807, 2.05) is 0 Å². The molecule has 0 atom stereocenters. The highest BCUT2D eigenvalue weighted by Crippen LogP contribution is 2.28. The Kier molecular flexibility index (Phi) is 6.26. The molecule has 0 saturated heterocycles. The first-order valence-corrected chi connectivity index (χ1v) is 7.94. The molecular weight excluding hydrogens is 371 g/mol. The van der Waals surface area contributed by atoms with Crippen molar-refractivity contribution in [1.82, 2.24) is 0 Å². The van der Waals surface area contributed by atoms with E-state index in [1.54, 1.807) is 42.5 Å². The van der Waals surface area contributed by atoms with E-state index in [0.717, 1.165) is 0 Å². The topological polar surface area (TPSA) is 62.2 Å². The zero-order valence-corrected chi connectivity index (χ0v) is 14.8. The molecule has 2 aromatic rings. The molecule has 2 N–H and O–H groups in total. The zero-order valence-electron chi connectivity index (χ0n) is 12.6. The van der Waals surface area contributed by atoms with Crippen molar-refractivity contribution in [1.29, 1.82) is 5.41 Å². The fraction of sp³-hybridized carbons (Fsp3) is 0.0588. The smallest absolute Gasteiger partial charge is 0.210 e. The van der Waals surface area contributed by atoms with Gasteiger partial charge in [-0.05, 0) is 49.4 Å². The first-order chi connectivity index (χ1) is 11.4. The van der Waals surface area contributed by atoms with Crippen LogP contribution in [0.4, 0.5) is 5.69 Å². The molecule has 0 radical (unpaired) electrons. The summed E-state index contributed by atoms with van der Waals surface area (Å²) >= 11 is 17.9. The van der Waals surface area contributed by atoms with Gasteiger partial charge < -0.3 is 15.5 Å². The van der Waals surface area contributed by atoms with Gasteiger partial charge in [0.1, 0.15) is 5.75 Å². The van der Waals surface area contributed by atoms with Crippen molar-refractivity contribution in [3.8, 4) is 5.75 Å². The quantitative estimate of drug-likeness (QED) is 0.296. The van der Waals surface area contributed by atoms with Gasteiger partial charge in [0.05, 0.1) is 16.3 Å². The summed E-state index contributed by atoms with van der Waals surface area (Å²) in [5.74, 6) is 0.539. The first kappa shape index (κ1) is 18.3. The van der Waals surface area contributed by atoms with Crippen LogP contribution in [0.25, 0.3) is 0 Å². The van der Waals surface area contributed by atoms with Crippen LogP contribution in [-0.4, -0.2) is 12.0 Å². The molecule has 2 aromatic carbocycles. The Bertz CT molecular complexity index is 802. The molecule has 7 heteroatoms. The average Bonchev–Trinajstić information content (AvgIpc) is 2.52. The largest absolute Gasteiger partial charge is 0.440 e. The van der Waals surface area contributed by atoms with Gasteiger partial charge in [-0.2, -0.15) is 0 Å². The Labute approximate surface area is 154 Å². The number of allylic oxidation sites excluding steroid dienone is 1. The lowest BCUT2D eigenvalue weighted by Gasteiger charge is -2.16. The van der Waals surface area contributed by atoms with Gasteiger partial charge in [-0.25, -0.2) is 0 Å². The van der Waals surface area contributed by atoms with Crippen molar-refractivity contribution in [2.75, 3.05) is 5.32 Å². The number of ether oxygens (including phenoxy) is 1. The summed E-state index contributed by atoms with van der Waals surface area (Å²) in [6, 6.07) is 11.5. The molecule has 0 aliphatic rings. The van der Waals surface area contributed by atoms with Crippen LogP contribution in [0.1, 0.15) is 6.92 Å². The summed E-state index contributed by atoms with van der Waals surface area (Å²) in [4.78, 5) is 11.4. The first-order valence-electron chi connectivity index (χ1n) is 6.81. The van der Waals surface area contributed by atoms with Gasteiger partial charge >= 0.3 is 0 Å². The highest BCUT2D eigenvalue weighted by molar-refractivity contribution is 6.36. The molecule has 24 heavy (non-hydrogen) atoms. The van der Waals surface area contributed by atoms with Crippen LogP contribution in [0.3, 0.4) is 0 Å². The van der Waals surface area contributed by atoms with Crippen LogP contribution in [0.5, 0.6) is 5.75 Å². The van der Waals surface area contributed by atoms with Crippen LogP contribution in [-0.2, 0) is 4.79 Å². The maximum Gasteiger partial charge on any atom is 0.210 e. The van der Waals surface area contributed by atoms with Crippen LogP contribution >= 0.6 is 34.8 Å². The Morgan fingerprint density at radius 3 is 2.25 bits per heavy atom. The van der Waals surface area contributed by atoms with E-state index in [2.05, 4.69) is 5.32 Å². The molecule has 0 heterocycles. The van der Waals surface area contributed by atoms with Gasteiger partial charge in [-0.3, -0.25) is 4.79 Å². The number of hydrogen-bond donors (Lipinski definition) is 2. The van der Waals surface area contributed by atoms with E-state index in [-0.39, 0.29) is 17.2 Å². The number of halogens is 3. The molecule has 0 unspecified atom stereocenters. The lowest BCUT2D eigenvalue weighted by Crippen LogP contribution is -2.15. The molecule has 4 nitrogen and oxygen atoms in total. The van der Waals surface area contributed by atoms with Crippen molar-refractivity contribution >= 4 is 52.5 Å². The lowest BCUT2D eigenvalue weighted by molar-refractivity contribution is -0.104. The Morgan fingerprint density at radius 2 is 1.71 bits per heavy atom. The zero-order chi connectivity index (χ0) is 17.7. The van der Waals surface area contributed by atoms with Gasteiger partial charge in [-0.1, -0.05) is 34.8 Å². The van der Waals surface area contributed by atoms with Crippen LogP contribution in [0, 0.1) is 5.41 Å². The molecule has 0 amide bonds. The summed E-state index contributed by atoms with van der Waals surface area (Å²) < 4.78 is 5.72. The number of benzene rings is 2. The van der Waals surface area contributed by atoms with Crippen molar-refractivity contribution < 1.29 is 9.53 Å². The molecule has 0 aromatic heterocycles. The molecular formula is C17H13Cl3N2O2. The third-order valence-corrected chi connectivity index (χ3v) is 3.78. The summed E-state index contributed by atoms with van der Waals surface area (Å²) in [7, 11) is 0. The third-order valence-electron chi connectivity index (χ3n) is 2.98. The van der Waals surface area contributed by atoms with Gasteiger partial charge in [0.15, 0.2) is 6.29 Å². The molecule has 0 saturated carbocycles. The summed E-state index contributed by atoms with van der Waals surface area (Å²) in [5.41, 5.74) is 0.605. The molecule has 0 aliphatic carbocycles. The Hall–Kier alpha value is -2.01. The minimum Gasteiger partial charge on any atom is -0.440 e. The molecule has 0 aliphatic heterocycles. The SMILES string of the molecule is CC(=N)/C(C=O)=C(\Nc1ccc(Cl)cc1Cl)Oc1ccc(Cl)cc1. The second kappa shape index (κ2) is 8.20. The summed E-state index contributed by atoms with van der Waals surface area (Å²) in [6.07, 6.45) is 0.546. The second-order valence-electron chi connectivity index (χ2n) is 4.79. The number of rotatable bonds is 6. The standard InChI is InChI=1S/C17H13Cl3N2O2/c1-10(21)14(9-23)17(24-13-5-2-11(18)3-6-13)22-16-7-4-12(19)8-15(16)20/h2-9,21-22H,1H3/b17-14+,21-10?.